The molecule has 11 nitrogen and oxygen atoms in total. The Balaban J connectivity index is 1.16. The van der Waals surface area contributed by atoms with E-state index in [0.717, 1.165) is 78.3 Å². The highest BCUT2D eigenvalue weighted by atomic mass is 17.2. The first-order valence-corrected chi connectivity index (χ1v) is 19.7. The van der Waals surface area contributed by atoms with E-state index in [9.17, 15) is 14.4 Å². The lowest BCUT2D eigenvalue weighted by atomic mass is 9.71. The number of carbonyl (C=O) groups is 3. The Hall–Kier alpha value is -6.11. The van der Waals surface area contributed by atoms with Gasteiger partial charge in [-0.3, -0.25) is 0 Å². The van der Waals surface area contributed by atoms with Crippen LogP contribution in [0.3, 0.4) is 0 Å². The van der Waals surface area contributed by atoms with Crippen LogP contribution in [0.5, 0.6) is 11.5 Å². The summed E-state index contributed by atoms with van der Waals surface area (Å²) in [7, 11) is 0. The summed E-state index contributed by atoms with van der Waals surface area (Å²) < 4.78 is 34.2. The zero-order chi connectivity index (χ0) is 41.4. The topological polar surface area (TPSA) is 125 Å². The Morgan fingerprint density at radius 2 is 1.56 bits per heavy atom. The van der Waals surface area contributed by atoms with Gasteiger partial charge in [0.05, 0.1) is 25.9 Å². The highest BCUT2D eigenvalue weighted by molar-refractivity contribution is 5.82. The van der Waals surface area contributed by atoms with Crippen LogP contribution < -0.4 is 9.47 Å². The average Bonchev–Trinajstić information content (AvgIpc) is 3.34. The minimum Gasteiger partial charge on any atom is -0.493 e. The van der Waals surface area contributed by atoms with Gasteiger partial charge in [-0.15, -0.1) is 0 Å². The number of fused-ring (bicyclic) bond motifs is 7. The van der Waals surface area contributed by atoms with E-state index in [1.807, 2.05) is 36.4 Å². The Kier molecular flexibility index (Phi) is 15.6. The van der Waals surface area contributed by atoms with E-state index in [1.165, 1.54) is 16.7 Å². The van der Waals surface area contributed by atoms with Crippen LogP contribution in [0.4, 0.5) is 0 Å². The zero-order valence-electron chi connectivity index (χ0n) is 33.0. The van der Waals surface area contributed by atoms with Crippen molar-refractivity contribution in [3.8, 4) is 35.2 Å². The molecule has 3 aromatic carbocycles. The summed E-state index contributed by atoms with van der Waals surface area (Å²) in [5, 5.41) is 0. The van der Waals surface area contributed by atoms with Gasteiger partial charge in [0, 0.05) is 47.6 Å². The van der Waals surface area contributed by atoms with Crippen molar-refractivity contribution in [3.05, 3.63) is 132 Å². The van der Waals surface area contributed by atoms with Gasteiger partial charge < -0.3 is 28.4 Å². The number of aryl methyl sites for hydroxylation is 1. The van der Waals surface area contributed by atoms with Crippen LogP contribution in [-0.4, -0.2) is 69.8 Å². The fraction of sp³-hybridized carbons (Fsp3) is 0.354. The maximum Gasteiger partial charge on any atom is 0.331 e. The number of benzene rings is 3. The van der Waals surface area contributed by atoms with E-state index in [1.54, 1.807) is 0 Å². The second-order valence-electron chi connectivity index (χ2n) is 14.1. The highest BCUT2D eigenvalue weighted by Crippen LogP contribution is 2.47. The van der Waals surface area contributed by atoms with Gasteiger partial charge in [-0.25, -0.2) is 24.2 Å². The van der Waals surface area contributed by atoms with Gasteiger partial charge in [0.1, 0.15) is 30.8 Å². The lowest BCUT2D eigenvalue weighted by Gasteiger charge is -2.37. The van der Waals surface area contributed by atoms with Crippen LogP contribution in [0.2, 0.25) is 0 Å². The Bertz CT molecular complexity index is 2130. The fourth-order valence-corrected chi connectivity index (χ4v) is 7.37. The molecule has 0 saturated carbocycles. The van der Waals surface area contributed by atoms with Crippen LogP contribution in [-0.2, 0) is 69.0 Å². The summed E-state index contributed by atoms with van der Waals surface area (Å²) in [6.07, 6.45) is 7.27. The molecule has 0 fully saturated rings. The van der Waals surface area contributed by atoms with E-state index in [-0.39, 0.29) is 57.6 Å². The maximum atomic E-state index is 11.5. The molecule has 1 heterocycles. The zero-order valence-corrected chi connectivity index (χ0v) is 33.0. The van der Waals surface area contributed by atoms with Gasteiger partial charge >= 0.3 is 17.9 Å². The third-order valence-corrected chi connectivity index (χ3v) is 10.2. The van der Waals surface area contributed by atoms with Crippen molar-refractivity contribution in [2.24, 2.45) is 5.92 Å². The van der Waals surface area contributed by atoms with Crippen molar-refractivity contribution in [2.45, 2.75) is 63.3 Å². The number of esters is 3. The summed E-state index contributed by atoms with van der Waals surface area (Å²) in [5.41, 5.74) is 7.66. The van der Waals surface area contributed by atoms with Gasteiger partial charge in [-0.2, -0.15) is 0 Å². The van der Waals surface area contributed by atoms with Crippen LogP contribution in [0.15, 0.2) is 92.6 Å². The van der Waals surface area contributed by atoms with Gasteiger partial charge in [-0.1, -0.05) is 67.7 Å². The van der Waals surface area contributed by atoms with Gasteiger partial charge in [0.25, 0.3) is 0 Å². The molecule has 2 aliphatic carbocycles. The highest BCUT2D eigenvalue weighted by Gasteiger charge is 2.38. The molecular formula is C48H48O11. The van der Waals surface area contributed by atoms with Crippen LogP contribution in [0.25, 0.3) is 0 Å². The molecule has 1 aliphatic heterocycles. The predicted molar refractivity (Wildman–Crippen MR) is 218 cm³/mol. The third kappa shape index (κ3) is 12.0. The summed E-state index contributed by atoms with van der Waals surface area (Å²) in [6, 6.07) is 17.9. The molecule has 0 radical (unpaired) electrons. The largest absolute Gasteiger partial charge is 0.493 e. The van der Waals surface area contributed by atoms with Crippen LogP contribution in [0, 0.1) is 29.6 Å². The van der Waals surface area contributed by atoms with Gasteiger partial charge in [-0.05, 0) is 90.3 Å². The Labute approximate surface area is 345 Å². The number of hydrogen-bond acceptors (Lipinski definition) is 11. The van der Waals surface area contributed by atoms with Crippen molar-refractivity contribution < 1.29 is 52.6 Å². The molecule has 0 saturated heterocycles. The minimum atomic E-state index is -0.511. The van der Waals surface area contributed by atoms with Gasteiger partial charge in [0.15, 0.2) is 13.2 Å². The fourth-order valence-electron chi connectivity index (χ4n) is 7.37. The van der Waals surface area contributed by atoms with E-state index in [4.69, 9.17) is 38.2 Å². The smallest absolute Gasteiger partial charge is 0.331 e. The third-order valence-electron chi connectivity index (χ3n) is 10.2. The molecule has 0 bridgehead atoms. The molecule has 3 aromatic rings. The summed E-state index contributed by atoms with van der Waals surface area (Å²) >= 11 is 0. The summed E-state index contributed by atoms with van der Waals surface area (Å²) in [5.74, 6) is 12.4. The molecule has 0 spiro atoms. The lowest BCUT2D eigenvalue weighted by Crippen LogP contribution is -2.33. The van der Waals surface area contributed by atoms with Crippen molar-refractivity contribution in [1.29, 1.82) is 0 Å². The van der Waals surface area contributed by atoms with E-state index >= 15 is 0 Å². The second-order valence-corrected chi connectivity index (χ2v) is 14.1. The molecule has 0 amide bonds. The number of hydrogen-bond donors (Lipinski definition) is 0. The van der Waals surface area contributed by atoms with Crippen molar-refractivity contribution in [3.63, 3.8) is 0 Å². The normalized spacial score (nSPS) is 18.8. The Morgan fingerprint density at radius 3 is 2.34 bits per heavy atom. The Morgan fingerprint density at radius 1 is 0.797 bits per heavy atom. The number of ether oxygens (including phenoxy) is 6. The average molecular weight is 801 g/mol. The molecule has 0 N–H and O–H groups in total. The predicted octanol–water partition coefficient (Wildman–Crippen LogP) is 6.48. The van der Waals surface area contributed by atoms with Crippen molar-refractivity contribution >= 4 is 17.9 Å². The first kappa shape index (κ1) is 42.5. The second kappa shape index (κ2) is 21.6. The number of rotatable bonds is 14. The van der Waals surface area contributed by atoms with Crippen molar-refractivity contribution in [2.75, 3.05) is 39.6 Å². The molecular weight excluding hydrogens is 753 g/mol. The van der Waals surface area contributed by atoms with Crippen LogP contribution >= 0.6 is 0 Å². The molecule has 59 heavy (non-hydrogen) atoms. The first-order chi connectivity index (χ1) is 28.8. The van der Waals surface area contributed by atoms with Crippen molar-refractivity contribution in [1.82, 2.24) is 0 Å². The van der Waals surface area contributed by atoms with Gasteiger partial charge in [0.2, 0.25) is 0 Å². The standard InChI is InChI=1S/C48H48O11/c1-4-44(49)53-24-7-10-33-14-20-40-36(28-33)16-22-42-47(40)48-41-21-15-34(11-8-25-54-45(50)5-2)29-37(41)17-23-43(48)57-32-39(31-56-42)59-58-30-35-12-18-38(19-13-35)52-26-9-27-55-46(51)6-3/h4-6,12-14,17-20,23,28,34,39,42,47H,1-3,9,15-16,21-22,24-27,29-32H2/t34-,39?,42+,47-/m0/s1. The molecule has 4 atom stereocenters. The van der Waals surface area contributed by atoms with E-state index in [2.05, 4.69) is 61.6 Å². The molecule has 0 aromatic heterocycles. The maximum absolute atomic E-state index is 11.5. The first-order valence-electron chi connectivity index (χ1n) is 19.7. The summed E-state index contributed by atoms with van der Waals surface area (Å²) in [6.45, 7) is 11.6. The monoisotopic (exact) mass is 800 g/mol. The number of carbonyl (C=O) groups excluding carboxylic acids is 3. The molecule has 6 rings (SSSR count). The molecule has 3 aliphatic rings. The summed E-state index contributed by atoms with van der Waals surface area (Å²) in [4.78, 5) is 45.8. The quantitative estimate of drug-likeness (QED) is 0.0339. The lowest BCUT2D eigenvalue weighted by molar-refractivity contribution is -0.343. The molecule has 1 unspecified atom stereocenters. The van der Waals surface area contributed by atoms with Crippen LogP contribution in [0.1, 0.15) is 64.1 Å². The minimum absolute atomic E-state index is 0.0178. The molecule has 306 valence electrons. The molecule has 11 heteroatoms. The SMILES string of the molecule is C=CC(=O)OCC#Cc1ccc2c(c1)CC[C@H]1OCC(OOCc3ccc(OCCCOC(=O)C=C)cc3)COc3ccc4c(c3[C@@H]21)CC[C@H](C#CCOC(=O)C=C)C4. The van der Waals surface area contributed by atoms with E-state index < -0.39 is 24.0 Å². The van der Waals surface area contributed by atoms with E-state index in [0.29, 0.717) is 18.8 Å².